The molecule has 1 N–H and O–H groups in total. The Hall–Kier alpha value is -1.09. The highest BCUT2D eigenvalue weighted by atomic mass is 16.5. The number of hydrogen-bond acceptors (Lipinski definition) is 3. The smallest absolute Gasteiger partial charge is 0.0966 e. The molecule has 0 heterocycles. The van der Waals surface area contributed by atoms with Crippen molar-refractivity contribution in [2.75, 3.05) is 13.1 Å². The summed E-state index contributed by atoms with van der Waals surface area (Å²) in [6.07, 6.45) is 5.08. The summed E-state index contributed by atoms with van der Waals surface area (Å²) in [4.78, 5) is 3.80. The fraction of sp³-hybridized carbons (Fsp3) is 0.615. The Labute approximate surface area is 99.3 Å². The second-order valence-electron chi connectivity index (χ2n) is 3.81. The van der Waals surface area contributed by atoms with Crippen LogP contribution in [0.25, 0.3) is 0 Å². The minimum Gasteiger partial charge on any atom is -0.495 e. The van der Waals surface area contributed by atoms with Crippen LogP contribution in [0.2, 0.25) is 0 Å². The first-order valence-corrected chi connectivity index (χ1v) is 5.79. The summed E-state index contributed by atoms with van der Waals surface area (Å²) in [5.41, 5.74) is 0.892. The minimum atomic E-state index is 0.237. The zero-order chi connectivity index (χ0) is 12.4. The summed E-state index contributed by atoms with van der Waals surface area (Å²) in [6.45, 7) is 13.5. The maximum Gasteiger partial charge on any atom is 0.0966 e. The van der Waals surface area contributed by atoms with Crippen LogP contribution < -0.4 is 5.32 Å². The first kappa shape index (κ1) is 14.9. The van der Waals surface area contributed by atoms with Crippen molar-refractivity contribution in [3.8, 4) is 0 Å². The van der Waals surface area contributed by atoms with Gasteiger partial charge in [0.15, 0.2) is 0 Å². The molecule has 0 aliphatic rings. The van der Waals surface area contributed by atoms with Crippen molar-refractivity contribution in [3.05, 3.63) is 23.6 Å². The molecule has 16 heavy (non-hydrogen) atoms. The molecule has 0 rings (SSSR count). The topological polar surface area (TPSA) is 33.6 Å². The highest BCUT2D eigenvalue weighted by Crippen LogP contribution is 2.06. The van der Waals surface area contributed by atoms with E-state index >= 15 is 0 Å². The number of allylic oxidation sites excluding steroid dienone is 4. The molecule has 3 nitrogen and oxygen atoms in total. The molecule has 0 aromatic heterocycles. The highest BCUT2D eigenvalue weighted by Gasteiger charge is 2.01. The van der Waals surface area contributed by atoms with E-state index in [1.54, 1.807) is 0 Å². The molecule has 0 aromatic rings. The van der Waals surface area contributed by atoms with Crippen molar-refractivity contribution in [1.82, 2.24) is 5.32 Å². The molecule has 0 bridgehead atoms. The molecule has 0 radical (unpaired) electrons. The van der Waals surface area contributed by atoms with E-state index in [0.29, 0.717) is 0 Å². The highest BCUT2D eigenvalue weighted by molar-refractivity contribution is 5.29. The molecular formula is C13H24N2O. The molecule has 3 heteroatoms. The summed E-state index contributed by atoms with van der Waals surface area (Å²) < 4.78 is 5.71. The third-order valence-electron chi connectivity index (χ3n) is 2.17. The molecule has 0 saturated heterocycles. The lowest BCUT2D eigenvalue weighted by Gasteiger charge is -2.14. The molecular weight excluding hydrogens is 200 g/mol. The Kier molecular flexibility index (Phi) is 8.53. The maximum atomic E-state index is 5.71. The van der Waals surface area contributed by atoms with Crippen molar-refractivity contribution in [2.24, 2.45) is 4.99 Å². The third-order valence-corrected chi connectivity index (χ3v) is 2.17. The molecule has 1 unspecified atom stereocenters. The Morgan fingerprint density at radius 1 is 1.44 bits per heavy atom. The van der Waals surface area contributed by atoms with Gasteiger partial charge in [-0.1, -0.05) is 6.92 Å². The minimum absolute atomic E-state index is 0.237. The van der Waals surface area contributed by atoms with E-state index < -0.39 is 0 Å². The van der Waals surface area contributed by atoms with Gasteiger partial charge in [-0.25, -0.2) is 0 Å². The van der Waals surface area contributed by atoms with Gasteiger partial charge in [0.1, 0.15) is 0 Å². The molecule has 92 valence electrons. The summed E-state index contributed by atoms with van der Waals surface area (Å²) in [7, 11) is 0. The van der Waals surface area contributed by atoms with Gasteiger partial charge in [0.2, 0.25) is 0 Å². The monoisotopic (exact) mass is 224 g/mol. The second-order valence-corrected chi connectivity index (χ2v) is 3.81. The van der Waals surface area contributed by atoms with Gasteiger partial charge in [-0.05, 0) is 59.2 Å². The summed E-state index contributed by atoms with van der Waals surface area (Å²) in [6, 6.07) is 0. The Morgan fingerprint density at radius 2 is 2.12 bits per heavy atom. The number of nitrogens with zero attached hydrogens (tertiary/aromatic N) is 1. The lowest BCUT2D eigenvalue weighted by molar-refractivity contribution is 0.125. The van der Waals surface area contributed by atoms with Gasteiger partial charge in [0.05, 0.1) is 11.9 Å². The SMILES string of the molecule is C=N/C(C)=C\C=C(/C)OC(C)CCNCC. The van der Waals surface area contributed by atoms with E-state index in [-0.39, 0.29) is 6.10 Å². The molecule has 0 spiro atoms. The first-order valence-electron chi connectivity index (χ1n) is 5.79. The molecule has 0 aliphatic heterocycles. The predicted octanol–water partition coefficient (Wildman–Crippen LogP) is 2.90. The van der Waals surface area contributed by atoms with Gasteiger partial charge in [-0.3, -0.25) is 4.99 Å². The molecule has 0 amide bonds. The van der Waals surface area contributed by atoms with Gasteiger partial charge in [-0.2, -0.15) is 0 Å². The molecule has 0 saturated carbocycles. The largest absolute Gasteiger partial charge is 0.495 e. The average molecular weight is 224 g/mol. The van der Waals surface area contributed by atoms with Gasteiger partial charge in [0.25, 0.3) is 0 Å². The van der Waals surface area contributed by atoms with Gasteiger partial charge < -0.3 is 10.1 Å². The van der Waals surface area contributed by atoms with Crippen molar-refractivity contribution < 1.29 is 4.74 Å². The van der Waals surface area contributed by atoms with Crippen LogP contribution in [0, 0.1) is 0 Å². The van der Waals surface area contributed by atoms with Crippen molar-refractivity contribution in [3.63, 3.8) is 0 Å². The fourth-order valence-corrected chi connectivity index (χ4v) is 1.19. The van der Waals surface area contributed by atoms with Crippen LogP contribution in [-0.2, 0) is 4.74 Å². The second kappa shape index (κ2) is 9.16. The fourth-order valence-electron chi connectivity index (χ4n) is 1.19. The van der Waals surface area contributed by atoms with Crippen molar-refractivity contribution >= 4 is 6.72 Å². The van der Waals surface area contributed by atoms with Crippen LogP contribution in [0.1, 0.15) is 34.1 Å². The molecule has 0 aliphatic carbocycles. The van der Waals surface area contributed by atoms with Gasteiger partial charge in [0, 0.05) is 5.70 Å². The summed E-state index contributed by atoms with van der Waals surface area (Å²) >= 11 is 0. The number of aliphatic imine (C=N–C) groups is 1. The number of ether oxygens (including phenoxy) is 1. The molecule has 0 aromatic carbocycles. The summed E-state index contributed by atoms with van der Waals surface area (Å²) in [5.74, 6) is 0.909. The maximum absolute atomic E-state index is 5.71. The van der Waals surface area contributed by atoms with Crippen LogP contribution in [0.5, 0.6) is 0 Å². The zero-order valence-corrected chi connectivity index (χ0v) is 10.9. The van der Waals surface area contributed by atoms with Crippen molar-refractivity contribution in [1.29, 1.82) is 0 Å². The number of rotatable bonds is 8. The van der Waals surface area contributed by atoms with E-state index in [1.165, 1.54) is 0 Å². The lowest BCUT2D eigenvalue weighted by Crippen LogP contribution is -2.19. The number of hydrogen-bond donors (Lipinski definition) is 1. The lowest BCUT2D eigenvalue weighted by atomic mass is 10.3. The standard InChI is InChI=1S/C13H24N2O/c1-6-15-10-9-13(4)16-12(3)8-7-11(2)14-5/h7-8,13,15H,5-6,9-10H2,1-4H3/b11-7-,12-8+. The average Bonchev–Trinajstić information content (AvgIpc) is 2.26. The summed E-state index contributed by atoms with van der Waals surface area (Å²) in [5, 5.41) is 3.28. The van der Waals surface area contributed by atoms with Crippen LogP contribution in [0.3, 0.4) is 0 Å². The van der Waals surface area contributed by atoms with Crippen LogP contribution in [-0.4, -0.2) is 25.9 Å². The quantitative estimate of drug-likeness (QED) is 0.298. The Balaban J connectivity index is 3.93. The van der Waals surface area contributed by atoms with Gasteiger partial charge >= 0.3 is 0 Å². The number of nitrogens with one attached hydrogen (secondary N) is 1. The van der Waals surface area contributed by atoms with Crippen molar-refractivity contribution in [2.45, 2.75) is 40.2 Å². The zero-order valence-electron chi connectivity index (χ0n) is 10.9. The Morgan fingerprint density at radius 3 is 2.69 bits per heavy atom. The van der Waals surface area contributed by atoms with Crippen LogP contribution in [0.15, 0.2) is 28.6 Å². The van der Waals surface area contributed by atoms with E-state index in [2.05, 4.69) is 30.9 Å². The van der Waals surface area contributed by atoms with Crippen LogP contribution in [0.4, 0.5) is 0 Å². The first-order chi connectivity index (χ1) is 7.60. The Bertz CT molecular complexity index is 257. The van der Waals surface area contributed by atoms with Gasteiger partial charge in [-0.15, -0.1) is 0 Å². The normalized spacial score (nSPS) is 14.8. The van der Waals surface area contributed by atoms with E-state index in [1.807, 2.05) is 26.0 Å². The molecule has 1 atom stereocenters. The van der Waals surface area contributed by atoms with Crippen LogP contribution >= 0.6 is 0 Å². The predicted molar refractivity (Wildman–Crippen MR) is 70.8 cm³/mol. The van der Waals surface area contributed by atoms with E-state index in [0.717, 1.165) is 31.0 Å². The van der Waals surface area contributed by atoms with E-state index in [4.69, 9.17) is 4.74 Å². The molecule has 0 fully saturated rings. The van der Waals surface area contributed by atoms with E-state index in [9.17, 15) is 0 Å². The third kappa shape index (κ3) is 8.24.